The van der Waals surface area contributed by atoms with Crippen LogP contribution in [0.4, 0.5) is 0 Å². The zero-order valence-electron chi connectivity index (χ0n) is 13.2. The van der Waals surface area contributed by atoms with Crippen LogP contribution in [0.25, 0.3) is 0 Å². The first kappa shape index (κ1) is 16.0. The van der Waals surface area contributed by atoms with Gasteiger partial charge in [-0.2, -0.15) is 4.68 Å². The highest BCUT2D eigenvalue weighted by Gasteiger charge is 2.12. The Labute approximate surface area is 144 Å². The zero-order valence-corrected chi connectivity index (χ0v) is 14.8. The van der Waals surface area contributed by atoms with Gasteiger partial charge in [0.05, 0.1) is 24.2 Å². The molecule has 1 aromatic carbocycles. The molecule has 0 saturated heterocycles. The third-order valence-corrected chi connectivity index (χ3v) is 4.53. The molecule has 1 unspecified atom stereocenters. The molecule has 2 aromatic heterocycles. The quantitative estimate of drug-likeness (QED) is 0.695. The van der Waals surface area contributed by atoms with E-state index in [0.717, 1.165) is 17.2 Å². The van der Waals surface area contributed by atoms with Gasteiger partial charge in [-0.15, -0.1) is 16.4 Å². The summed E-state index contributed by atoms with van der Waals surface area (Å²) in [5.41, 5.74) is 2.26. The lowest BCUT2D eigenvalue weighted by Crippen LogP contribution is -3.07. The van der Waals surface area contributed by atoms with E-state index in [-0.39, 0.29) is 0 Å². The van der Waals surface area contributed by atoms with Crippen molar-refractivity contribution in [2.75, 3.05) is 7.05 Å². The summed E-state index contributed by atoms with van der Waals surface area (Å²) in [4.78, 5) is 6.14. The van der Waals surface area contributed by atoms with Crippen molar-refractivity contribution in [3.63, 3.8) is 0 Å². The summed E-state index contributed by atoms with van der Waals surface area (Å²) in [5.74, 6) is 0.618. The van der Waals surface area contributed by atoms with Crippen LogP contribution >= 0.6 is 23.6 Å². The highest BCUT2D eigenvalue weighted by Crippen LogP contribution is 2.12. The number of aryl methyl sites for hydroxylation is 1. The van der Waals surface area contributed by atoms with Crippen LogP contribution in [-0.4, -0.2) is 21.8 Å². The van der Waals surface area contributed by atoms with Crippen molar-refractivity contribution >= 4 is 23.6 Å². The smallest absolute Gasteiger partial charge is 0.291 e. The topological polar surface area (TPSA) is 48.3 Å². The van der Waals surface area contributed by atoms with E-state index in [1.165, 1.54) is 10.5 Å². The van der Waals surface area contributed by atoms with E-state index in [4.69, 9.17) is 16.6 Å². The molecule has 7 heteroatoms. The van der Waals surface area contributed by atoms with E-state index >= 15 is 0 Å². The van der Waals surface area contributed by atoms with Crippen LogP contribution in [0.1, 0.15) is 22.2 Å². The van der Waals surface area contributed by atoms with Gasteiger partial charge in [-0.25, -0.2) is 4.98 Å². The number of hydrogen-bond acceptors (Lipinski definition) is 5. The Kier molecular flexibility index (Phi) is 5.00. The molecule has 3 aromatic rings. The van der Waals surface area contributed by atoms with E-state index in [9.17, 15) is 0 Å². The Morgan fingerprint density at radius 1 is 1.30 bits per heavy atom. The fraction of sp³-hybridized carbons (Fsp3) is 0.312. The normalized spacial score (nSPS) is 12.4. The molecule has 0 aliphatic rings. The fourth-order valence-corrected chi connectivity index (χ4v) is 3.24. The van der Waals surface area contributed by atoms with Gasteiger partial charge in [-0.3, -0.25) is 0 Å². The molecule has 1 N–H and O–H groups in total. The average molecular weight is 347 g/mol. The molecule has 0 aliphatic carbocycles. The first-order valence-electron chi connectivity index (χ1n) is 7.43. The van der Waals surface area contributed by atoms with Gasteiger partial charge in [0.1, 0.15) is 6.54 Å². The summed E-state index contributed by atoms with van der Waals surface area (Å²) < 4.78 is 7.35. The van der Waals surface area contributed by atoms with E-state index in [2.05, 4.69) is 41.4 Å². The van der Waals surface area contributed by atoms with Crippen molar-refractivity contribution in [2.24, 2.45) is 0 Å². The van der Waals surface area contributed by atoms with Crippen molar-refractivity contribution < 1.29 is 9.32 Å². The highest BCUT2D eigenvalue weighted by molar-refractivity contribution is 7.71. The summed E-state index contributed by atoms with van der Waals surface area (Å²) >= 11 is 6.91. The molecular weight excluding hydrogens is 328 g/mol. The van der Waals surface area contributed by atoms with Gasteiger partial charge in [0, 0.05) is 10.9 Å². The Morgan fingerprint density at radius 3 is 2.78 bits per heavy atom. The van der Waals surface area contributed by atoms with Crippen LogP contribution in [-0.2, 0) is 19.6 Å². The molecule has 23 heavy (non-hydrogen) atoms. The largest absolute Gasteiger partial charge is 0.413 e. The van der Waals surface area contributed by atoms with Crippen LogP contribution in [0.15, 0.2) is 40.1 Å². The van der Waals surface area contributed by atoms with Crippen LogP contribution in [0.2, 0.25) is 0 Å². The number of hydrogen-bond donors (Lipinski definition) is 1. The van der Waals surface area contributed by atoms with Crippen LogP contribution < -0.4 is 4.90 Å². The second kappa shape index (κ2) is 7.16. The maximum atomic E-state index is 5.60. The fourth-order valence-electron chi connectivity index (χ4n) is 2.42. The maximum Gasteiger partial charge on any atom is 0.291 e. The molecule has 2 heterocycles. The number of rotatable bonds is 6. The Morgan fingerprint density at radius 2 is 2.09 bits per heavy atom. The van der Waals surface area contributed by atoms with Crippen LogP contribution in [0.5, 0.6) is 0 Å². The minimum atomic E-state index is 0.416. The minimum Gasteiger partial charge on any atom is -0.413 e. The summed E-state index contributed by atoms with van der Waals surface area (Å²) in [6.07, 6.45) is 0.582. The van der Waals surface area contributed by atoms with E-state index in [1.54, 1.807) is 16.0 Å². The maximum absolute atomic E-state index is 5.60. The van der Waals surface area contributed by atoms with Gasteiger partial charge < -0.3 is 9.32 Å². The first-order chi connectivity index (χ1) is 11.1. The van der Waals surface area contributed by atoms with Crippen LogP contribution in [0.3, 0.4) is 0 Å². The van der Waals surface area contributed by atoms with Gasteiger partial charge in [0.15, 0.2) is 6.67 Å². The SMILES string of the molecule is Cc1nc(Cc2nn(C[NH+](C)Cc3ccccc3)c(=S)o2)cs1. The molecular formula is C16H19N4OS2+. The lowest BCUT2D eigenvalue weighted by atomic mass is 10.2. The summed E-state index contributed by atoms with van der Waals surface area (Å²) in [5, 5.41) is 7.56. The van der Waals surface area contributed by atoms with Gasteiger partial charge in [-0.05, 0) is 19.1 Å². The molecule has 0 aliphatic heterocycles. The Hall–Kier alpha value is -1.83. The van der Waals surface area contributed by atoms with Gasteiger partial charge in [0.2, 0.25) is 5.89 Å². The standard InChI is InChI=1S/C16H18N4OS2/c1-12-17-14(10-23-12)8-15-18-20(16(22)21-15)11-19(2)9-13-6-4-3-5-7-13/h3-7,10H,8-9,11H2,1-2H3/p+1. The van der Waals surface area contributed by atoms with Crippen molar-refractivity contribution in [3.05, 3.63) is 62.7 Å². The summed E-state index contributed by atoms with van der Waals surface area (Å²) in [6, 6.07) is 10.4. The minimum absolute atomic E-state index is 0.416. The second-order valence-corrected chi connectivity index (χ2v) is 6.98. The molecule has 1 atom stereocenters. The van der Waals surface area contributed by atoms with Gasteiger partial charge in [0.25, 0.3) is 4.84 Å². The molecule has 0 radical (unpaired) electrons. The third kappa shape index (κ3) is 4.34. The molecule has 120 valence electrons. The number of benzene rings is 1. The lowest BCUT2D eigenvalue weighted by Gasteiger charge is -2.13. The molecule has 0 bridgehead atoms. The monoisotopic (exact) mass is 347 g/mol. The van der Waals surface area contributed by atoms with Gasteiger partial charge in [-0.1, -0.05) is 30.3 Å². The molecule has 5 nitrogen and oxygen atoms in total. The molecule has 0 spiro atoms. The second-order valence-electron chi connectivity index (χ2n) is 5.57. The van der Waals surface area contributed by atoms with Gasteiger partial charge >= 0.3 is 0 Å². The Bertz CT molecular complexity index is 822. The van der Waals surface area contributed by atoms with E-state index in [0.29, 0.717) is 23.8 Å². The Balaban J connectivity index is 1.65. The number of quaternary nitrogens is 1. The number of aromatic nitrogens is 3. The predicted octanol–water partition coefficient (Wildman–Crippen LogP) is 2.23. The lowest BCUT2D eigenvalue weighted by molar-refractivity contribution is -0.917. The zero-order chi connectivity index (χ0) is 16.2. The molecule has 0 saturated carbocycles. The number of nitrogens with one attached hydrogen (secondary N) is 1. The van der Waals surface area contributed by atoms with Crippen LogP contribution in [0, 0.1) is 11.8 Å². The average Bonchev–Trinajstić information content (AvgIpc) is 3.06. The first-order valence-corrected chi connectivity index (χ1v) is 8.72. The van der Waals surface area contributed by atoms with Crippen molar-refractivity contribution in [3.8, 4) is 0 Å². The number of nitrogens with zero attached hydrogens (tertiary/aromatic N) is 3. The predicted molar refractivity (Wildman–Crippen MR) is 92.0 cm³/mol. The van der Waals surface area contributed by atoms with Crippen molar-refractivity contribution in [1.82, 2.24) is 14.8 Å². The van der Waals surface area contributed by atoms with E-state index < -0.39 is 0 Å². The third-order valence-electron chi connectivity index (χ3n) is 3.42. The summed E-state index contributed by atoms with van der Waals surface area (Å²) in [7, 11) is 2.12. The molecule has 3 rings (SSSR count). The molecule has 0 amide bonds. The number of thiazole rings is 1. The highest BCUT2D eigenvalue weighted by atomic mass is 32.1. The van der Waals surface area contributed by atoms with Crippen molar-refractivity contribution in [2.45, 2.75) is 26.6 Å². The van der Waals surface area contributed by atoms with E-state index in [1.807, 2.05) is 18.4 Å². The summed E-state index contributed by atoms with van der Waals surface area (Å²) in [6.45, 7) is 3.58. The van der Waals surface area contributed by atoms with Crippen molar-refractivity contribution in [1.29, 1.82) is 0 Å². The molecule has 0 fully saturated rings.